The van der Waals surface area contributed by atoms with Gasteiger partial charge in [0.05, 0.1) is 24.7 Å². The second-order valence-corrected chi connectivity index (χ2v) is 5.82. The number of aliphatic hydroxyl groups excluding tert-OH is 1. The monoisotopic (exact) mass is 321 g/mol. The molecule has 0 aliphatic carbocycles. The first kappa shape index (κ1) is 16.2. The molecule has 2 aromatic rings. The van der Waals surface area contributed by atoms with Crippen molar-refractivity contribution in [1.29, 1.82) is 0 Å². The van der Waals surface area contributed by atoms with Gasteiger partial charge in [-0.25, -0.2) is 0 Å². The maximum absolute atomic E-state index is 10.1. The Kier molecular flexibility index (Phi) is 5.82. The maximum Gasteiger partial charge on any atom is 0.129 e. The Morgan fingerprint density at radius 3 is 2.70 bits per heavy atom. The molecule has 1 aliphatic rings. The molecular weight excluding hydrogens is 298 g/mol. The van der Waals surface area contributed by atoms with Gasteiger partial charge in [-0.15, -0.1) is 0 Å². The summed E-state index contributed by atoms with van der Waals surface area (Å²) in [5.41, 5.74) is 0.963. The van der Waals surface area contributed by atoms with Crippen LogP contribution in [0.25, 0.3) is 0 Å². The van der Waals surface area contributed by atoms with Gasteiger partial charge < -0.3 is 18.8 Å². The molecule has 2 aromatic heterocycles. The lowest BCUT2D eigenvalue weighted by Crippen LogP contribution is -2.48. The van der Waals surface area contributed by atoms with E-state index in [1.165, 1.54) is 0 Å². The third-order valence-electron chi connectivity index (χ3n) is 3.95. The first-order valence-electron chi connectivity index (χ1n) is 7.92. The normalized spacial score (nSPS) is 18.3. The lowest BCUT2D eigenvalue weighted by atomic mass is 10.2. The van der Waals surface area contributed by atoms with E-state index in [1.807, 2.05) is 18.2 Å². The number of hydrogen-bond donors (Lipinski definition) is 1. The van der Waals surface area contributed by atoms with Crippen molar-refractivity contribution in [3.8, 4) is 0 Å². The molecule has 23 heavy (non-hydrogen) atoms. The predicted molar refractivity (Wildman–Crippen MR) is 82.6 cm³/mol. The van der Waals surface area contributed by atoms with Crippen LogP contribution in [-0.2, 0) is 17.9 Å². The summed E-state index contributed by atoms with van der Waals surface area (Å²) in [4.78, 5) is 4.61. The van der Waals surface area contributed by atoms with Gasteiger partial charge in [0.15, 0.2) is 0 Å². The summed E-state index contributed by atoms with van der Waals surface area (Å²) < 4.78 is 15.5. The van der Waals surface area contributed by atoms with E-state index in [1.54, 1.807) is 12.5 Å². The topological polar surface area (TPSA) is 75.1 Å². The quantitative estimate of drug-likeness (QED) is 0.776. The van der Waals surface area contributed by atoms with Crippen LogP contribution < -0.4 is 0 Å². The highest BCUT2D eigenvalue weighted by Gasteiger charge is 2.20. The fraction of sp³-hybridized carbons (Fsp3) is 0.562. The number of furan rings is 1. The number of aromatic nitrogens is 1. The first-order valence-corrected chi connectivity index (χ1v) is 7.92. The Morgan fingerprint density at radius 2 is 2.00 bits per heavy atom. The molecule has 7 nitrogen and oxygen atoms in total. The Hall–Kier alpha value is -1.67. The zero-order valence-electron chi connectivity index (χ0n) is 13.1. The van der Waals surface area contributed by atoms with Crippen molar-refractivity contribution >= 4 is 0 Å². The van der Waals surface area contributed by atoms with Crippen molar-refractivity contribution in [2.24, 2.45) is 0 Å². The van der Waals surface area contributed by atoms with Gasteiger partial charge in [-0.2, -0.15) is 0 Å². The van der Waals surface area contributed by atoms with E-state index in [9.17, 15) is 5.11 Å². The van der Waals surface area contributed by atoms with E-state index >= 15 is 0 Å². The molecule has 0 bridgehead atoms. The number of aliphatic hydroxyl groups is 1. The van der Waals surface area contributed by atoms with Crippen molar-refractivity contribution in [2.45, 2.75) is 19.3 Å². The summed E-state index contributed by atoms with van der Waals surface area (Å²) in [6.45, 7) is 5.98. The zero-order valence-corrected chi connectivity index (χ0v) is 13.1. The minimum absolute atomic E-state index is 0.319. The molecule has 1 fully saturated rings. The molecule has 0 saturated carbocycles. The second-order valence-electron chi connectivity index (χ2n) is 5.82. The van der Waals surface area contributed by atoms with Crippen LogP contribution in [0.3, 0.4) is 0 Å². The number of hydrogen-bond acceptors (Lipinski definition) is 7. The highest BCUT2D eigenvalue weighted by Crippen LogP contribution is 2.08. The molecule has 1 aliphatic heterocycles. The molecule has 0 aromatic carbocycles. The fourth-order valence-corrected chi connectivity index (χ4v) is 2.72. The number of rotatable bonds is 8. The molecule has 1 saturated heterocycles. The van der Waals surface area contributed by atoms with Gasteiger partial charge in [-0.1, -0.05) is 5.16 Å². The zero-order chi connectivity index (χ0) is 15.9. The maximum atomic E-state index is 10.1. The van der Waals surface area contributed by atoms with Crippen molar-refractivity contribution in [2.75, 3.05) is 39.3 Å². The summed E-state index contributed by atoms with van der Waals surface area (Å²) in [7, 11) is 0. The van der Waals surface area contributed by atoms with Crippen molar-refractivity contribution in [3.63, 3.8) is 0 Å². The van der Waals surface area contributed by atoms with Crippen LogP contribution >= 0.6 is 0 Å². The Bertz CT molecular complexity index is 536. The highest BCUT2D eigenvalue weighted by atomic mass is 16.5. The SMILES string of the molecule is OC(COCc1ccco1)CN1CCN(Cc2ccon2)CC1. The van der Waals surface area contributed by atoms with E-state index in [0.29, 0.717) is 19.8 Å². The van der Waals surface area contributed by atoms with Gasteiger partial charge in [0.25, 0.3) is 0 Å². The van der Waals surface area contributed by atoms with E-state index in [4.69, 9.17) is 13.7 Å². The summed E-state index contributed by atoms with van der Waals surface area (Å²) >= 11 is 0. The minimum Gasteiger partial charge on any atom is -0.467 e. The lowest BCUT2D eigenvalue weighted by Gasteiger charge is -2.35. The fourth-order valence-electron chi connectivity index (χ4n) is 2.72. The number of nitrogens with zero attached hydrogens (tertiary/aromatic N) is 3. The molecule has 7 heteroatoms. The van der Waals surface area contributed by atoms with Crippen molar-refractivity contribution in [3.05, 3.63) is 42.2 Å². The molecule has 0 spiro atoms. The minimum atomic E-state index is -0.480. The van der Waals surface area contributed by atoms with Gasteiger partial charge in [0.1, 0.15) is 18.6 Å². The summed E-state index contributed by atoms with van der Waals surface area (Å²) in [6.07, 6.45) is 2.74. The molecule has 1 atom stereocenters. The van der Waals surface area contributed by atoms with Crippen LogP contribution in [0.15, 0.2) is 39.7 Å². The lowest BCUT2D eigenvalue weighted by molar-refractivity contribution is -0.00318. The van der Waals surface area contributed by atoms with E-state index in [-0.39, 0.29) is 0 Å². The first-order chi connectivity index (χ1) is 11.3. The Balaban J connectivity index is 1.30. The second kappa shape index (κ2) is 8.26. The molecule has 126 valence electrons. The summed E-state index contributed by atoms with van der Waals surface area (Å²) in [5.74, 6) is 0.777. The third kappa shape index (κ3) is 5.18. The Labute approximate surface area is 135 Å². The number of piperazine rings is 1. The third-order valence-corrected chi connectivity index (χ3v) is 3.95. The summed E-state index contributed by atoms with van der Waals surface area (Å²) in [6, 6.07) is 5.58. The van der Waals surface area contributed by atoms with Gasteiger partial charge in [-0.3, -0.25) is 9.80 Å². The van der Waals surface area contributed by atoms with Gasteiger partial charge >= 0.3 is 0 Å². The Morgan fingerprint density at radius 1 is 1.17 bits per heavy atom. The van der Waals surface area contributed by atoms with Crippen LogP contribution in [0.4, 0.5) is 0 Å². The largest absolute Gasteiger partial charge is 0.467 e. The molecule has 1 N–H and O–H groups in total. The van der Waals surface area contributed by atoms with E-state index < -0.39 is 6.10 Å². The van der Waals surface area contributed by atoms with E-state index in [2.05, 4.69) is 15.0 Å². The number of β-amino-alcohol motifs (C(OH)–C–C–N with tert-alkyl or cyclic N) is 1. The standard InChI is InChI=1S/C16H23N3O4/c20-15(12-21-13-16-2-1-8-22-16)11-19-6-4-18(5-7-19)10-14-3-9-23-17-14/h1-3,8-9,15,20H,4-7,10-13H2. The van der Waals surface area contributed by atoms with Crippen LogP contribution in [0.2, 0.25) is 0 Å². The average Bonchev–Trinajstić information content (AvgIpc) is 3.23. The molecule has 1 unspecified atom stereocenters. The average molecular weight is 321 g/mol. The molecule has 0 radical (unpaired) electrons. The molecule has 0 amide bonds. The van der Waals surface area contributed by atoms with Crippen LogP contribution in [0.5, 0.6) is 0 Å². The molecular formula is C16H23N3O4. The molecule has 3 rings (SSSR count). The number of ether oxygens (including phenoxy) is 1. The van der Waals surface area contributed by atoms with Crippen molar-refractivity contribution in [1.82, 2.24) is 15.0 Å². The van der Waals surface area contributed by atoms with Gasteiger partial charge in [0.2, 0.25) is 0 Å². The molecule has 3 heterocycles. The highest BCUT2D eigenvalue weighted by molar-refractivity contribution is 4.96. The van der Waals surface area contributed by atoms with Crippen LogP contribution in [0, 0.1) is 0 Å². The van der Waals surface area contributed by atoms with Crippen LogP contribution in [0.1, 0.15) is 11.5 Å². The van der Waals surface area contributed by atoms with Gasteiger partial charge in [0, 0.05) is 45.3 Å². The van der Waals surface area contributed by atoms with E-state index in [0.717, 1.165) is 44.2 Å². The predicted octanol–water partition coefficient (Wildman–Crippen LogP) is 0.963. The van der Waals surface area contributed by atoms with Crippen LogP contribution in [-0.4, -0.2) is 65.5 Å². The van der Waals surface area contributed by atoms with Crippen molar-refractivity contribution < 1.29 is 18.8 Å². The summed E-state index contributed by atoms with van der Waals surface area (Å²) in [5, 5.41) is 14.0. The van der Waals surface area contributed by atoms with Gasteiger partial charge in [-0.05, 0) is 12.1 Å². The smallest absolute Gasteiger partial charge is 0.129 e.